The van der Waals surface area contributed by atoms with Crippen molar-refractivity contribution in [1.29, 1.82) is 0 Å². The molecule has 1 amide bonds. The van der Waals surface area contributed by atoms with Crippen LogP contribution in [0.2, 0.25) is 0 Å². The van der Waals surface area contributed by atoms with E-state index >= 15 is 0 Å². The highest BCUT2D eigenvalue weighted by Crippen LogP contribution is 2.29. The number of ether oxygens (including phenoxy) is 1. The van der Waals surface area contributed by atoms with Crippen molar-refractivity contribution in [3.05, 3.63) is 77.7 Å². The Morgan fingerprint density at radius 2 is 1.83 bits per heavy atom. The summed E-state index contributed by atoms with van der Waals surface area (Å²) < 4.78 is 4.98. The highest BCUT2D eigenvalue weighted by molar-refractivity contribution is 5.96. The second kappa shape index (κ2) is 8.16. The quantitative estimate of drug-likeness (QED) is 0.532. The third-order valence-corrected chi connectivity index (χ3v) is 4.86. The van der Waals surface area contributed by atoms with Gasteiger partial charge in [0.15, 0.2) is 11.5 Å². The Kier molecular flexibility index (Phi) is 5.26. The van der Waals surface area contributed by atoms with Gasteiger partial charge in [-0.1, -0.05) is 42.5 Å². The van der Waals surface area contributed by atoms with Gasteiger partial charge in [-0.3, -0.25) is 9.78 Å². The average Bonchev–Trinajstić information content (AvgIpc) is 2.77. The van der Waals surface area contributed by atoms with E-state index in [1.807, 2.05) is 36.4 Å². The Balaban J connectivity index is 1.69. The molecule has 0 fully saturated rings. The van der Waals surface area contributed by atoms with Crippen LogP contribution >= 0.6 is 0 Å². The number of carbonyl (C=O) groups is 1. The average molecular weight is 399 g/mol. The van der Waals surface area contributed by atoms with Crippen molar-refractivity contribution in [2.24, 2.45) is 0 Å². The topological polar surface area (TPSA) is 103 Å². The third kappa shape index (κ3) is 3.77. The molecule has 2 aromatic carbocycles. The van der Waals surface area contributed by atoms with Gasteiger partial charge >= 0.3 is 0 Å². The number of fused-ring (bicyclic) bond motifs is 1. The number of methoxy groups -OCH3 is 1. The van der Waals surface area contributed by atoms with Gasteiger partial charge in [-0.2, -0.15) is 4.98 Å². The molecule has 0 bridgehead atoms. The molecule has 0 saturated carbocycles. The molecule has 0 aliphatic heterocycles. The van der Waals surface area contributed by atoms with Gasteiger partial charge in [0.25, 0.3) is 5.91 Å². The zero-order valence-corrected chi connectivity index (χ0v) is 16.7. The lowest BCUT2D eigenvalue weighted by molar-refractivity contribution is 0.0946. The van der Waals surface area contributed by atoms with Crippen molar-refractivity contribution in [3.8, 4) is 17.0 Å². The molecule has 4 rings (SSSR count). The van der Waals surface area contributed by atoms with Gasteiger partial charge in [0, 0.05) is 10.9 Å². The predicted molar refractivity (Wildman–Crippen MR) is 116 cm³/mol. The zero-order valence-electron chi connectivity index (χ0n) is 16.7. The molecule has 0 aliphatic rings. The largest absolute Gasteiger partial charge is 0.480 e. The molecule has 2 aromatic heterocycles. The first kappa shape index (κ1) is 19.3. The standard InChI is InChI=1S/C23H21N5O2/c1-14-7-3-5-9-16(14)17-11-15-8-4-6-10-18(15)27-19(17)12-26-23(29)21-22(24)28-20(30-2)13-25-21/h3-11,13H,12H2,1-2H3,(H2,24,28)(H,26,29). The summed E-state index contributed by atoms with van der Waals surface area (Å²) in [5.74, 6) is -0.159. The number of aromatic nitrogens is 3. The van der Waals surface area contributed by atoms with Crippen LogP contribution < -0.4 is 15.8 Å². The van der Waals surface area contributed by atoms with E-state index in [9.17, 15) is 4.79 Å². The number of benzene rings is 2. The predicted octanol–water partition coefficient (Wildman–Crippen LogP) is 3.52. The molecule has 0 radical (unpaired) electrons. The second-order valence-corrected chi connectivity index (χ2v) is 6.82. The zero-order chi connectivity index (χ0) is 21.1. The fourth-order valence-corrected chi connectivity index (χ4v) is 3.31. The summed E-state index contributed by atoms with van der Waals surface area (Å²) >= 11 is 0. The van der Waals surface area contributed by atoms with E-state index < -0.39 is 5.91 Å². The summed E-state index contributed by atoms with van der Waals surface area (Å²) in [5.41, 5.74) is 10.7. The fraction of sp³-hybridized carbons (Fsp3) is 0.130. The molecule has 0 spiro atoms. The summed E-state index contributed by atoms with van der Waals surface area (Å²) in [6.07, 6.45) is 1.36. The van der Waals surface area contributed by atoms with Crippen LogP contribution in [0, 0.1) is 6.92 Å². The Morgan fingerprint density at radius 1 is 1.07 bits per heavy atom. The molecule has 0 aliphatic carbocycles. The Morgan fingerprint density at radius 3 is 2.60 bits per heavy atom. The Labute approximate surface area is 174 Å². The maximum atomic E-state index is 12.7. The lowest BCUT2D eigenvalue weighted by atomic mass is 9.97. The fourth-order valence-electron chi connectivity index (χ4n) is 3.31. The number of rotatable bonds is 5. The monoisotopic (exact) mass is 399 g/mol. The summed E-state index contributed by atoms with van der Waals surface area (Å²) in [6.45, 7) is 2.28. The normalized spacial score (nSPS) is 10.7. The maximum Gasteiger partial charge on any atom is 0.274 e. The molecule has 30 heavy (non-hydrogen) atoms. The molecule has 2 heterocycles. The van der Waals surface area contributed by atoms with Crippen molar-refractivity contribution in [2.45, 2.75) is 13.5 Å². The number of nitrogens with one attached hydrogen (secondary N) is 1. The smallest absolute Gasteiger partial charge is 0.274 e. The lowest BCUT2D eigenvalue weighted by Crippen LogP contribution is -2.26. The number of para-hydroxylation sites is 1. The first-order valence-electron chi connectivity index (χ1n) is 9.46. The van der Waals surface area contributed by atoms with E-state index in [1.54, 1.807) is 0 Å². The van der Waals surface area contributed by atoms with E-state index in [-0.39, 0.29) is 23.9 Å². The van der Waals surface area contributed by atoms with E-state index in [4.69, 9.17) is 15.5 Å². The van der Waals surface area contributed by atoms with Gasteiger partial charge in [-0.05, 0) is 30.2 Å². The van der Waals surface area contributed by atoms with Crippen LogP contribution in [-0.4, -0.2) is 28.0 Å². The number of nitrogens with zero attached hydrogens (tertiary/aromatic N) is 3. The first-order chi connectivity index (χ1) is 14.6. The number of anilines is 1. The van der Waals surface area contributed by atoms with Crippen LogP contribution in [-0.2, 0) is 6.54 Å². The number of nitrogens with two attached hydrogens (primary N) is 1. The minimum atomic E-state index is -0.423. The van der Waals surface area contributed by atoms with Crippen molar-refractivity contribution < 1.29 is 9.53 Å². The van der Waals surface area contributed by atoms with E-state index in [1.165, 1.54) is 13.3 Å². The number of hydrogen-bond donors (Lipinski definition) is 2. The van der Waals surface area contributed by atoms with Gasteiger partial charge in [0.1, 0.15) is 0 Å². The lowest BCUT2D eigenvalue weighted by Gasteiger charge is -2.14. The van der Waals surface area contributed by atoms with E-state index in [2.05, 4.69) is 40.4 Å². The molecule has 0 saturated heterocycles. The van der Waals surface area contributed by atoms with Gasteiger partial charge in [0.05, 0.1) is 31.1 Å². The van der Waals surface area contributed by atoms with Crippen LogP contribution in [0.15, 0.2) is 60.8 Å². The summed E-state index contributed by atoms with van der Waals surface area (Å²) in [7, 11) is 1.46. The number of carbonyl (C=O) groups excluding carboxylic acids is 1. The molecular weight excluding hydrogens is 378 g/mol. The minimum Gasteiger partial charge on any atom is -0.480 e. The van der Waals surface area contributed by atoms with Crippen LogP contribution in [0.5, 0.6) is 5.88 Å². The van der Waals surface area contributed by atoms with Gasteiger partial charge in [-0.15, -0.1) is 0 Å². The SMILES string of the molecule is COc1cnc(C(=O)NCc2nc3ccccc3cc2-c2ccccc2C)c(N)n1. The van der Waals surface area contributed by atoms with Crippen LogP contribution in [0.25, 0.3) is 22.0 Å². The number of aryl methyl sites for hydroxylation is 1. The number of pyridine rings is 1. The van der Waals surface area contributed by atoms with Crippen molar-refractivity contribution in [3.63, 3.8) is 0 Å². The maximum absolute atomic E-state index is 12.7. The molecule has 7 heteroatoms. The third-order valence-electron chi connectivity index (χ3n) is 4.86. The first-order valence-corrected chi connectivity index (χ1v) is 9.46. The van der Waals surface area contributed by atoms with Crippen molar-refractivity contribution >= 4 is 22.6 Å². The minimum absolute atomic E-state index is 0.0115. The van der Waals surface area contributed by atoms with E-state index in [0.717, 1.165) is 33.3 Å². The molecule has 0 atom stereocenters. The summed E-state index contributed by atoms with van der Waals surface area (Å²) in [5, 5.41) is 3.90. The van der Waals surface area contributed by atoms with Crippen molar-refractivity contribution in [1.82, 2.24) is 20.3 Å². The Hall–Kier alpha value is -4.00. The van der Waals surface area contributed by atoms with Crippen molar-refractivity contribution in [2.75, 3.05) is 12.8 Å². The van der Waals surface area contributed by atoms with Gasteiger partial charge in [0.2, 0.25) is 5.88 Å². The van der Waals surface area contributed by atoms with Crippen LogP contribution in [0.1, 0.15) is 21.7 Å². The van der Waals surface area contributed by atoms with Gasteiger partial charge < -0.3 is 15.8 Å². The summed E-state index contributed by atoms with van der Waals surface area (Å²) in [4.78, 5) is 25.5. The number of hydrogen-bond acceptors (Lipinski definition) is 6. The highest BCUT2D eigenvalue weighted by atomic mass is 16.5. The molecule has 7 nitrogen and oxygen atoms in total. The molecule has 0 unspecified atom stereocenters. The van der Waals surface area contributed by atoms with E-state index in [0.29, 0.717) is 0 Å². The molecule has 3 N–H and O–H groups in total. The second-order valence-electron chi connectivity index (χ2n) is 6.82. The van der Waals surface area contributed by atoms with Crippen LogP contribution in [0.3, 0.4) is 0 Å². The number of nitrogen functional groups attached to an aromatic ring is 1. The highest BCUT2D eigenvalue weighted by Gasteiger charge is 2.16. The van der Waals surface area contributed by atoms with Gasteiger partial charge in [-0.25, -0.2) is 4.98 Å². The molecule has 4 aromatic rings. The van der Waals surface area contributed by atoms with Crippen LogP contribution in [0.4, 0.5) is 5.82 Å². The molecule has 150 valence electrons. The molecular formula is C23H21N5O2. The summed E-state index contributed by atoms with van der Waals surface area (Å²) in [6, 6.07) is 18.1. The number of amides is 1. The Bertz CT molecular complexity index is 1240.